The monoisotopic (exact) mass is 465 g/mol. The van der Waals surface area contributed by atoms with Crippen molar-refractivity contribution in [2.45, 2.75) is 44.4 Å². The van der Waals surface area contributed by atoms with Gasteiger partial charge >= 0.3 is 0 Å². The number of hydrogen-bond donors (Lipinski definition) is 3. The van der Waals surface area contributed by atoms with Gasteiger partial charge in [-0.2, -0.15) is 0 Å². The van der Waals surface area contributed by atoms with Crippen molar-refractivity contribution >= 4 is 28.2 Å². The number of ether oxygens (including phenoxy) is 1. The molecule has 180 valence electrons. The lowest BCUT2D eigenvalue weighted by Gasteiger charge is -2.27. The Labute approximate surface area is 198 Å². The lowest BCUT2D eigenvalue weighted by Crippen LogP contribution is -2.39. The Balaban J connectivity index is 1.46. The molecule has 10 nitrogen and oxygen atoms in total. The van der Waals surface area contributed by atoms with Crippen LogP contribution in [0.25, 0.3) is 10.8 Å². The average Bonchev–Trinajstić information content (AvgIpc) is 2.86. The van der Waals surface area contributed by atoms with Crippen LogP contribution in [0, 0.1) is 0 Å². The summed E-state index contributed by atoms with van der Waals surface area (Å²) in [4.78, 5) is 29.0. The summed E-state index contributed by atoms with van der Waals surface area (Å²) in [5.41, 5.74) is -0.0531. The van der Waals surface area contributed by atoms with E-state index >= 15 is 0 Å². The van der Waals surface area contributed by atoms with E-state index in [4.69, 9.17) is 9.72 Å². The Morgan fingerprint density at radius 3 is 2.68 bits per heavy atom. The Hall–Kier alpha value is -3.08. The highest BCUT2D eigenvalue weighted by Gasteiger charge is 2.22. The zero-order valence-corrected chi connectivity index (χ0v) is 19.2. The van der Waals surface area contributed by atoms with E-state index in [9.17, 15) is 9.90 Å². The average molecular weight is 466 g/mol. The van der Waals surface area contributed by atoms with Crippen LogP contribution >= 0.6 is 0 Å². The van der Waals surface area contributed by atoms with Gasteiger partial charge in [0, 0.05) is 50.8 Å². The Kier molecular flexibility index (Phi) is 6.98. The molecule has 4 heterocycles. The van der Waals surface area contributed by atoms with Crippen LogP contribution in [-0.4, -0.2) is 74.5 Å². The second kappa shape index (κ2) is 10.5. The summed E-state index contributed by atoms with van der Waals surface area (Å²) in [5, 5.41) is 18.0. The number of hydrogen-bond acceptors (Lipinski definition) is 9. The minimum Gasteiger partial charge on any atom is -0.393 e. The van der Waals surface area contributed by atoms with Crippen LogP contribution in [0.15, 0.2) is 41.7 Å². The number of nitrogens with one attached hydrogen (secondary N) is 2. The molecule has 1 aliphatic carbocycles. The summed E-state index contributed by atoms with van der Waals surface area (Å²) in [6, 6.07) is 4.00. The molecule has 3 aromatic rings. The summed E-state index contributed by atoms with van der Waals surface area (Å²) in [6.07, 6.45) is 9.64. The Morgan fingerprint density at radius 1 is 1.09 bits per heavy atom. The number of rotatable bonds is 7. The molecule has 1 aliphatic heterocycles. The normalized spacial score (nSPS) is 21.4. The number of nitrogens with zero attached hydrogens (tertiary/aromatic N) is 5. The number of fused-ring (bicyclic) bond motifs is 1. The van der Waals surface area contributed by atoms with Gasteiger partial charge in [-0.1, -0.05) is 0 Å². The molecule has 3 aromatic heterocycles. The molecule has 10 heteroatoms. The SMILES string of the molecule is O=c1c2c(NC3CCC(O)CC3)nc(Nc3cnccn3)cc2ccn1CCN1CCOCC1. The number of pyridine rings is 2. The van der Waals surface area contributed by atoms with Gasteiger partial charge in [-0.05, 0) is 43.2 Å². The van der Waals surface area contributed by atoms with Crippen molar-refractivity contribution in [3.63, 3.8) is 0 Å². The Morgan fingerprint density at radius 2 is 1.91 bits per heavy atom. The molecule has 0 unspecified atom stereocenters. The van der Waals surface area contributed by atoms with Crippen molar-refractivity contribution in [1.29, 1.82) is 0 Å². The number of aliphatic hydroxyl groups excluding tert-OH is 1. The first-order chi connectivity index (χ1) is 16.7. The first kappa shape index (κ1) is 22.7. The topological polar surface area (TPSA) is 117 Å². The number of morpholine rings is 1. The van der Waals surface area contributed by atoms with E-state index in [2.05, 4.69) is 25.5 Å². The molecule has 0 atom stereocenters. The van der Waals surface area contributed by atoms with Crippen molar-refractivity contribution in [1.82, 2.24) is 24.4 Å². The quantitative estimate of drug-likeness (QED) is 0.481. The van der Waals surface area contributed by atoms with Gasteiger partial charge in [-0.3, -0.25) is 14.7 Å². The number of aliphatic hydroxyl groups is 1. The fraction of sp³-hybridized carbons (Fsp3) is 0.500. The fourth-order valence-electron chi connectivity index (χ4n) is 4.63. The van der Waals surface area contributed by atoms with Crippen molar-refractivity contribution in [3.05, 3.63) is 47.3 Å². The van der Waals surface area contributed by atoms with E-state index in [1.807, 2.05) is 18.3 Å². The molecule has 1 saturated heterocycles. The van der Waals surface area contributed by atoms with Gasteiger partial charge in [-0.25, -0.2) is 9.97 Å². The highest BCUT2D eigenvalue weighted by atomic mass is 16.5. The van der Waals surface area contributed by atoms with Crippen LogP contribution in [0.4, 0.5) is 17.5 Å². The molecule has 0 amide bonds. The van der Waals surface area contributed by atoms with Crippen molar-refractivity contribution in [3.8, 4) is 0 Å². The molecule has 5 rings (SSSR count). The summed E-state index contributed by atoms with van der Waals surface area (Å²) >= 11 is 0. The van der Waals surface area contributed by atoms with E-state index in [-0.39, 0.29) is 17.7 Å². The summed E-state index contributed by atoms with van der Waals surface area (Å²) in [7, 11) is 0. The predicted octanol–water partition coefficient (Wildman–Crippen LogP) is 1.98. The standard InChI is InChI=1S/C24H31N7O3/c32-19-3-1-18(2-4-19)27-23-22-17(15-20(29-23)28-21-16-25-6-7-26-21)5-8-31(24(22)33)10-9-30-11-13-34-14-12-30/h5-8,15-16,18-19,32H,1-4,9-14H2,(H2,26,27,28,29). The highest BCUT2D eigenvalue weighted by Crippen LogP contribution is 2.27. The van der Waals surface area contributed by atoms with Crippen molar-refractivity contribution in [2.75, 3.05) is 43.5 Å². The third-order valence-electron chi connectivity index (χ3n) is 6.58. The third-order valence-corrected chi connectivity index (χ3v) is 6.58. The summed E-state index contributed by atoms with van der Waals surface area (Å²) in [5.74, 6) is 1.74. The largest absolute Gasteiger partial charge is 0.393 e. The second-order valence-corrected chi connectivity index (χ2v) is 8.95. The molecule has 0 radical (unpaired) electrons. The van der Waals surface area contributed by atoms with E-state index in [1.54, 1.807) is 23.2 Å². The molecule has 34 heavy (non-hydrogen) atoms. The Bertz CT molecular complexity index is 1160. The fourth-order valence-corrected chi connectivity index (χ4v) is 4.63. The molecule has 0 spiro atoms. The maximum absolute atomic E-state index is 13.5. The van der Waals surface area contributed by atoms with Crippen LogP contribution < -0.4 is 16.2 Å². The molecule has 2 fully saturated rings. The minimum atomic E-state index is -0.246. The summed E-state index contributed by atoms with van der Waals surface area (Å²) < 4.78 is 7.19. The predicted molar refractivity (Wildman–Crippen MR) is 130 cm³/mol. The maximum Gasteiger partial charge on any atom is 0.262 e. The number of aromatic nitrogens is 4. The van der Waals surface area contributed by atoms with Gasteiger partial charge in [0.1, 0.15) is 17.5 Å². The zero-order chi connectivity index (χ0) is 23.3. The highest BCUT2D eigenvalue weighted by molar-refractivity contribution is 5.93. The van der Waals surface area contributed by atoms with Gasteiger partial charge in [0.2, 0.25) is 0 Å². The molecular formula is C24H31N7O3. The second-order valence-electron chi connectivity index (χ2n) is 8.95. The molecule has 0 aromatic carbocycles. The van der Waals surface area contributed by atoms with E-state index < -0.39 is 0 Å². The molecule has 1 saturated carbocycles. The van der Waals surface area contributed by atoms with Crippen LogP contribution in [0.5, 0.6) is 0 Å². The summed E-state index contributed by atoms with van der Waals surface area (Å²) in [6.45, 7) is 4.68. The van der Waals surface area contributed by atoms with E-state index in [0.29, 0.717) is 29.4 Å². The third kappa shape index (κ3) is 5.35. The van der Waals surface area contributed by atoms with Crippen LogP contribution in [0.2, 0.25) is 0 Å². The molecule has 3 N–H and O–H groups in total. The zero-order valence-electron chi connectivity index (χ0n) is 19.2. The lowest BCUT2D eigenvalue weighted by atomic mass is 9.93. The van der Waals surface area contributed by atoms with Gasteiger partial charge in [0.25, 0.3) is 5.56 Å². The number of anilines is 3. The smallest absolute Gasteiger partial charge is 0.262 e. The van der Waals surface area contributed by atoms with Crippen LogP contribution in [-0.2, 0) is 11.3 Å². The van der Waals surface area contributed by atoms with Gasteiger partial charge in [0.05, 0.1) is 30.9 Å². The van der Waals surface area contributed by atoms with E-state index in [1.165, 1.54) is 0 Å². The lowest BCUT2D eigenvalue weighted by molar-refractivity contribution is 0.0363. The minimum absolute atomic E-state index is 0.0531. The van der Waals surface area contributed by atoms with Crippen molar-refractivity contribution in [2.24, 2.45) is 0 Å². The first-order valence-electron chi connectivity index (χ1n) is 12.0. The van der Waals surface area contributed by atoms with Gasteiger partial charge < -0.3 is 25.0 Å². The van der Waals surface area contributed by atoms with Crippen molar-refractivity contribution < 1.29 is 9.84 Å². The van der Waals surface area contributed by atoms with Crippen LogP contribution in [0.3, 0.4) is 0 Å². The molecular weight excluding hydrogens is 434 g/mol. The first-order valence-corrected chi connectivity index (χ1v) is 12.0. The molecule has 2 aliphatic rings. The van der Waals surface area contributed by atoms with Crippen LogP contribution in [0.1, 0.15) is 25.7 Å². The van der Waals surface area contributed by atoms with Gasteiger partial charge in [0.15, 0.2) is 0 Å². The van der Waals surface area contributed by atoms with Gasteiger partial charge in [-0.15, -0.1) is 0 Å². The maximum atomic E-state index is 13.5. The molecule has 0 bridgehead atoms. The van der Waals surface area contributed by atoms with E-state index in [0.717, 1.165) is 63.9 Å².